The number of rotatable bonds is 14. The number of nitrogens with zero attached hydrogens (tertiary/aromatic N) is 16. The molecule has 0 unspecified atom stereocenters. The van der Waals surface area contributed by atoms with E-state index in [1.807, 2.05) is 176 Å². The van der Waals surface area contributed by atoms with E-state index in [9.17, 15) is 42.1 Å². The van der Waals surface area contributed by atoms with Gasteiger partial charge >= 0.3 is 0 Å². The maximum atomic E-state index is 10.6. The van der Waals surface area contributed by atoms with Crippen LogP contribution in [0.5, 0.6) is 0 Å². The van der Waals surface area contributed by atoms with Crippen LogP contribution >= 0.6 is 0 Å². The molecule has 0 radical (unpaired) electrons. The molecule has 0 saturated carbocycles. The third-order valence-corrected chi connectivity index (χ3v) is 21.7. The minimum Gasteiger partial charge on any atom is -0.309 e. The fraction of sp³-hybridized carbons (Fsp3) is 0. The zero-order valence-electron chi connectivity index (χ0n) is 63.3. The zero-order valence-corrected chi connectivity index (χ0v) is 63.3. The van der Waals surface area contributed by atoms with Crippen molar-refractivity contribution in [1.82, 2.24) is 39.0 Å². The maximum Gasteiger partial charge on any atom is 0.164 e. The van der Waals surface area contributed by atoms with Crippen molar-refractivity contribution in [2.24, 2.45) is 0 Å². The highest BCUT2D eigenvalue weighted by atomic mass is 15.1. The lowest BCUT2D eigenvalue weighted by Crippen LogP contribution is -2.03. The SMILES string of the molecule is N#Cc1ccc(-c2ccc3c(c2)c2cc(-c4ccc(C#N)cc4C#N)ccc2n3-c2ccc(-c3cccc(-c4ccc(-n5c6ccc(-c7ccc(C#N)cc7C#N)cc6c6cc(-c7ccc(C#N)cc7C#N)ccc65)cc4-c4nc(-c5ccccc5)nc(-c5ccccc5)n4)c3)c(-c3nc(-c4ccccc4)nc(-c4ccccc4)n3)c2)c(C#N)c1. The molecule has 0 N–H and O–H groups in total. The highest BCUT2D eigenvalue weighted by molar-refractivity contribution is 6.14. The smallest absolute Gasteiger partial charge is 0.164 e. The van der Waals surface area contributed by atoms with E-state index in [2.05, 4.69) is 137 Å². The molecule has 120 heavy (non-hydrogen) atoms. The van der Waals surface area contributed by atoms with Gasteiger partial charge in [-0.3, -0.25) is 0 Å². The molecule has 16 heteroatoms. The van der Waals surface area contributed by atoms with Gasteiger partial charge in [0.15, 0.2) is 34.9 Å². The first-order valence-electron chi connectivity index (χ1n) is 38.2. The fourth-order valence-corrected chi connectivity index (χ4v) is 16.0. The van der Waals surface area contributed by atoms with Gasteiger partial charge in [-0.25, -0.2) is 29.9 Å². The molecule has 15 aromatic carbocycles. The second kappa shape index (κ2) is 30.4. The summed E-state index contributed by atoms with van der Waals surface area (Å²) in [7, 11) is 0. The Morgan fingerprint density at radius 1 is 0.175 bits per heavy atom. The molecule has 19 aromatic rings. The summed E-state index contributed by atoms with van der Waals surface area (Å²) >= 11 is 0. The van der Waals surface area contributed by atoms with E-state index in [-0.39, 0.29) is 0 Å². The van der Waals surface area contributed by atoms with Crippen molar-refractivity contribution >= 4 is 43.6 Å². The van der Waals surface area contributed by atoms with Crippen molar-refractivity contribution < 1.29 is 0 Å². The van der Waals surface area contributed by atoms with Crippen LogP contribution in [0.4, 0.5) is 0 Å². The van der Waals surface area contributed by atoms with E-state index < -0.39 is 0 Å². The van der Waals surface area contributed by atoms with Crippen LogP contribution in [0.2, 0.25) is 0 Å². The van der Waals surface area contributed by atoms with E-state index in [1.54, 1.807) is 72.8 Å². The maximum absolute atomic E-state index is 10.6. The minimum absolute atomic E-state index is 0.345. The first kappa shape index (κ1) is 72.1. The van der Waals surface area contributed by atoms with Gasteiger partial charge in [0.25, 0.3) is 0 Å². The van der Waals surface area contributed by atoms with Crippen LogP contribution in [0, 0.1) is 90.6 Å². The lowest BCUT2D eigenvalue weighted by Gasteiger charge is -2.18. The van der Waals surface area contributed by atoms with Gasteiger partial charge < -0.3 is 9.13 Å². The summed E-state index contributed by atoms with van der Waals surface area (Å²) in [6, 6.07) is 123. The predicted molar refractivity (Wildman–Crippen MR) is 465 cm³/mol. The van der Waals surface area contributed by atoms with Gasteiger partial charge in [-0.2, -0.15) is 42.1 Å². The number of nitriles is 8. The Morgan fingerprint density at radius 3 is 0.675 bits per heavy atom. The van der Waals surface area contributed by atoms with Gasteiger partial charge in [0.2, 0.25) is 0 Å². The summed E-state index contributed by atoms with van der Waals surface area (Å²) in [5.41, 5.74) is 20.8. The topological polar surface area (TPSA) is 278 Å². The van der Waals surface area contributed by atoms with Crippen molar-refractivity contribution in [3.63, 3.8) is 0 Å². The standard InChI is InChI=1S/C104H54N16/c105-55-63-24-34-83(77(44-63)59-109)73-28-40-95-89(49-73)90-50-74(84-35-25-64(56-106)45-78(84)60-110)29-41-96(90)119(95)81-32-38-87(93(53-81)103-115-99(67-14-5-1-6-15-67)113-100(116-103)68-16-7-2-8-17-68)71-22-13-23-72(48-71)88-39-33-82(54-94(88)104-117-101(69-18-9-3-10-19-69)114-102(118-104)70-20-11-4-12-21-70)120-97-42-30-75(85-36-26-65(57-107)46-79(85)61-111)51-91(97)92-52-76(31-43-98(92)120)86-37-27-66(58-108)47-80(86)62-112/h1-54H. The molecule has 0 aliphatic carbocycles. The molecule has 0 aliphatic rings. The monoisotopic (exact) mass is 1530 g/mol. The highest BCUT2D eigenvalue weighted by Crippen LogP contribution is 2.46. The molecule has 0 spiro atoms. The molecular weight excluding hydrogens is 1470 g/mol. The molecule has 0 bridgehead atoms. The molecule has 4 aromatic heterocycles. The lowest BCUT2D eigenvalue weighted by molar-refractivity contribution is 1.07. The van der Waals surface area contributed by atoms with Crippen LogP contribution in [0.1, 0.15) is 44.5 Å². The van der Waals surface area contributed by atoms with Crippen LogP contribution in [0.25, 0.3) is 190 Å². The van der Waals surface area contributed by atoms with Gasteiger partial charge in [0, 0.05) is 66.3 Å². The quantitative estimate of drug-likeness (QED) is 0.0979. The second-order valence-electron chi connectivity index (χ2n) is 28.7. The van der Waals surface area contributed by atoms with Crippen LogP contribution in [-0.4, -0.2) is 39.0 Å². The first-order chi connectivity index (χ1) is 59.1. The van der Waals surface area contributed by atoms with Crippen LogP contribution < -0.4 is 0 Å². The Balaban J connectivity index is 0.849. The van der Waals surface area contributed by atoms with Gasteiger partial charge in [-0.15, -0.1) is 0 Å². The highest BCUT2D eigenvalue weighted by Gasteiger charge is 2.26. The zero-order chi connectivity index (χ0) is 81.5. The lowest BCUT2D eigenvalue weighted by atomic mass is 9.92. The van der Waals surface area contributed by atoms with E-state index in [0.29, 0.717) is 113 Å². The molecule has 550 valence electrons. The van der Waals surface area contributed by atoms with E-state index in [0.717, 1.165) is 122 Å². The molecule has 0 fully saturated rings. The van der Waals surface area contributed by atoms with Crippen molar-refractivity contribution in [3.8, 4) is 195 Å². The Bertz CT molecular complexity index is 7040. The largest absolute Gasteiger partial charge is 0.309 e. The summed E-state index contributed by atoms with van der Waals surface area (Å²) in [5.74, 6) is 2.59. The molecular formula is C104H54N16. The molecule has 19 rings (SSSR count). The van der Waals surface area contributed by atoms with Crippen molar-refractivity contribution in [2.45, 2.75) is 0 Å². The molecule has 0 amide bonds. The first-order valence-corrected chi connectivity index (χ1v) is 38.2. The van der Waals surface area contributed by atoms with E-state index >= 15 is 0 Å². The van der Waals surface area contributed by atoms with Gasteiger partial charge in [0.05, 0.1) is 115 Å². The fourth-order valence-electron chi connectivity index (χ4n) is 16.0. The number of hydrogen-bond donors (Lipinski definition) is 0. The van der Waals surface area contributed by atoms with Gasteiger partial charge in [0.1, 0.15) is 0 Å². The van der Waals surface area contributed by atoms with E-state index in [1.165, 1.54) is 0 Å². The van der Waals surface area contributed by atoms with Gasteiger partial charge in [-0.1, -0.05) is 200 Å². The average molecular weight is 1530 g/mol. The third kappa shape index (κ3) is 13.0. The summed E-state index contributed by atoms with van der Waals surface area (Å²) in [6.07, 6.45) is 0. The Kier molecular flexibility index (Phi) is 18.3. The van der Waals surface area contributed by atoms with Crippen LogP contribution in [0.3, 0.4) is 0 Å². The molecule has 16 nitrogen and oxygen atoms in total. The summed E-state index contributed by atoms with van der Waals surface area (Å²) in [5, 5.41) is 85.2. The Labute approximate surface area is 687 Å². The average Bonchev–Trinajstić information content (AvgIpc) is 1.57. The number of benzene rings is 15. The normalized spacial score (nSPS) is 10.9. The second-order valence-corrected chi connectivity index (χ2v) is 28.7. The molecule has 4 heterocycles. The summed E-state index contributed by atoms with van der Waals surface area (Å²) in [4.78, 5) is 32.1. The molecule has 0 atom stereocenters. The third-order valence-electron chi connectivity index (χ3n) is 21.7. The molecule has 0 saturated heterocycles. The number of hydrogen-bond acceptors (Lipinski definition) is 14. The molecule has 0 aliphatic heterocycles. The number of fused-ring (bicyclic) bond motifs is 6. The Hall–Kier alpha value is -18.2. The van der Waals surface area contributed by atoms with Crippen LogP contribution in [-0.2, 0) is 0 Å². The summed E-state index contributed by atoms with van der Waals surface area (Å²) < 4.78 is 4.39. The predicted octanol–water partition coefficient (Wildman–Crippen LogP) is 23.2. The van der Waals surface area contributed by atoms with Crippen LogP contribution in [0.15, 0.2) is 328 Å². The van der Waals surface area contributed by atoms with Crippen molar-refractivity contribution in [1.29, 1.82) is 42.1 Å². The summed E-state index contributed by atoms with van der Waals surface area (Å²) in [6.45, 7) is 0. The Morgan fingerprint density at radius 2 is 0.417 bits per heavy atom. The van der Waals surface area contributed by atoms with Crippen molar-refractivity contribution in [2.75, 3.05) is 0 Å². The number of aromatic nitrogens is 8. The van der Waals surface area contributed by atoms with E-state index in [4.69, 9.17) is 29.9 Å². The van der Waals surface area contributed by atoms with Gasteiger partial charge in [-0.05, 0) is 194 Å². The van der Waals surface area contributed by atoms with Crippen molar-refractivity contribution in [3.05, 3.63) is 372 Å². The minimum atomic E-state index is 0.345.